The van der Waals surface area contributed by atoms with Crippen molar-refractivity contribution in [2.45, 2.75) is 99.1 Å². The molecule has 0 aromatic rings. The van der Waals surface area contributed by atoms with Crippen LogP contribution in [0.5, 0.6) is 0 Å². The van der Waals surface area contributed by atoms with E-state index in [1.54, 1.807) is 0 Å². The fourth-order valence-corrected chi connectivity index (χ4v) is 2.78. The van der Waals surface area contributed by atoms with E-state index in [1.807, 2.05) is 0 Å². The molecule has 128 valence electrons. The van der Waals surface area contributed by atoms with Gasteiger partial charge in [-0.1, -0.05) is 73.6 Å². The van der Waals surface area contributed by atoms with Crippen molar-refractivity contribution < 1.29 is 0 Å². The van der Waals surface area contributed by atoms with Gasteiger partial charge in [0.2, 0.25) is 0 Å². The summed E-state index contributed by atoms with van der Waals surface area (Å²) in [7, 11) is 0. The summed E-state index contributed by atoms with van der Waals surface area (Å²) < 4.78 is 0. The molecule has 0 spiro atoms. The molecule has 21 heavy (non-hydrogen) atoms. The van der Waals surface area contributed by atoms with Crippen LogP contribution in [0.3, 0.4) is 0 Å². The highest BCUT2D eigenvalue weighted by molar-refractivity contribution is 4.81. The molecular weight excluding hydrogens is 256 g/mol. The third kappa shape index (κ3) is 10.3. The summed E-state index contributed by atoms with van der Waals surface area (Å²) >= 11 is 0. The first-order valence-electron chi connectivity index (χ1n) is 9.31. The zero-order chi connectivity index (χ0) is 16.3. The Morgan fingerprint density at radius 1 is 0.952 bits per heavy atom. The van der Waals surface area contributed by atoms with Crippen LogP contribution in [0.15, 0.2) is 0 Å². The second kappa shape index (κ2) is 11.5. The summed E-state index contributed by atoms with van der Waals surface area (Å²) in [5, 5.41) is 7.37. The van der Waals surface area contributed by atoms with Crippen molar-refractivity contribution in [3.8, 4) is 0 Å². The Hall–Kier alpha value is -0.0800. The van der Waals surface area contributed by atoms with Crippen molar-refractivity contribution in [2.75, 3.05) is 13.1 Å². The molecule has 0 bridgehead atoms. The van der Waals surface area contributed by atoms with Gasteiger partial charge in [0.15, 0.2) is 0 Å². The molecule has 0 radical (unpaired) electrons. The quantitative estimate of drug-likeness (QED) is 0.530. The summed E-state index contributed by atoms with van der Waals surface area (Å²) in [6.07, 6.45) is 8.14. The second-order valence-electron chi connectivity index (χ2n) is 7.75. The second-order valence-corrected chi connectivity index (χ2v) is 7.75. The molecule has 2 nitrogen and oxygen atoms in total. The molecule has 0 heterocycles. The summed E-state index contributed by atoms with van der Waals surface area (Å²) in [4.78, 5) is 0. The Morgan fingerprint density at radius 3 is 2.10 bits per heavy atom. The first-order chi connectivity index (χ1) is 9.85. The van der Waals surface area contributed by atoms with Crippen molar-refractivity contribution in [2.24, 2.45) is 11.3 Å². The lowest BCUT2D eigenvalue weighted by Crippen LogP contribution is -2.48. The lowest BCUT2D eigenvalue weighted by atomic mass is 9.87. The lowest BCUT2D eigenvalue weighted by molar-refractivity contribution is 0.250. The maximum atomic E-state index is 3.85. The maximum absolute atomic E-state index is 3.85. The molecule has 3 atom stereocenters. The van der Waals surface area contributed by atoms with Crippen LogP contribution in [0.25, 0.3) is 0 Å². The van der Waals surface area contributed by atoms with E-state index in [0.717, 1.165) is 19.0 Å². The summed E-state index contributed by atoms with van der Waals surface area (Å²) in [6, 6.07) is 1.16. The Morgan fingerprint density at radius 2 is 1.62 bits per heavy atom. The van der Waals surface area contributed by atoms with E-state index in [1.165, 1.54) is 38.5 Å². The Balaban J connectivity index is 4.23. The zero-order valence-electron chi connectivity index (χ0n) is 15.9. The van der Waals surface area contributed by atoms with Gasteiger partial charge in [0.25, 0.3) is 0 Å². The highest BCUT2D eigenvalue weighted by Crippen LogP contribution is 2.21. The van der Waals surface area contributed by atoms with Crippen LogP contribution >= 0.6 is 0 Å². The zero-order valence-corrected chi connectivity index (χ0v) is 15.9. The largest absolute Gasteiger partial charge is 0.315 e. The van der Waals surface area contributed by atoms with E-state index in [-0.39, 0.29) is 0 Å². The van der Waals surface area contributed by atoms with Crippen molar-refractivity contribution in [1.82, 2.24) is 10.6 Å². The van der Waals surface area contributed by atoms with E-state index in [4.69, 9.17) is 0 Å². The van der Waals surface area contributed by atoms with Crippen LogP contribution in [0.1, 0.15) is 87.0 Å². The fourth-order valence-electron chi connectivity index (χ4n) is 2.78. The van der Waals surface area contributed by atoms with Gasteiger partial charge in [-0.05, 0) is 31.2 Å². The topological polar surface area (TPSA) is 24.1 Å². The van der Waals surface area contributed by atoms with Gasteiger partial charge < -0.3 is 10.6 Å². The summed E-state index contributed by atoms with van der Waals surface area (Å²) in [5.41, 5.74) is 0.332. The number of hydrogen-bond acceptors (Lipinski definition) is 2. The molecule has 0 amide bonds. The molecule has 0 aliphatic heterocycles. The van der Waals surface area contributed by atoms with Crippen molar-refractivity contribution in [3.63, 3.8) is 0 Å². The molecular formula is C19H42N2. The van der Waals surface area contributed by atoms with E-state index < -0.39 is 0 Å². The fraction of sp³-hybridized carbons (Fsp3) is 1.00. The van der Waals surface area contributed by atoms with Crippen LogP contribution in [0.2, 0.25) is 0 Å². The third-order valence-corrected chi connectivity index (χ3v) is 4.86. The normalized spacial score (nSPS) is 16.7. The van der Waals surface area contributed by atoms with Gasteiger partial charge in [0, 0.05) is 18.6 Å². The van der Waals surface area contributed by atoms with Crippen LogP contribution in [-0.4, -0.2) is 25.2 Å². The van der Waals surface area contributed by atoms with Gasteiger partial charge in [0.1, 0.15) is 0 Å². The third-order valence-electron chi connectivity index (χ3n) is 4.86. The van der Waals surface area contributed by atoms with E-state index in [2.05, 4.69) is 59.1 Å². The van der Waals surface area contributed by atoms with Crippen LogP contribution in [0.4, 0.5) is 0 Å². The molecule has 0 rings (SSSR count). The first-order valence-corrected chi connectivity index (χ1v) is 9.31. The SMILES string of the molecule is CCCC(CC)CCCC(CNCC)NC(C)C(C)(C)C. The number of rotatable bonds is 12. The minimum absolute atomic E-state index is 0.332. The van der Waals surface area contributed by atoms with Gasteiger partial charge in [-0.2, -0.15) is 0 Å². The first kappa shape index (κ1) is 20.9. The molecule has 0 aromatic heterocycles. The lowest BCUT2D eigenvalue weighted by Gasteiger charge is -2.33. The van der Waals surface area contributed by atoms with Crippen LogP contribution in [0, 0.1) is 11.3 Å². The molecule has 2 heteroatoms. The number of likely N-dealkylation sites (N-methyl/N-ethyl adjacent to an activating group) is 1. The van der Waals surface area contributed by atoms with Crippen molar-refractivity contribution in [3.05, 3.63) is 0 Å². The van der Waals surface area contributed by atoms with E-state index in [0.29, 0.717) is 17.5 Å². The minimum atomic E-state index is 0.332. The van der Waals surface area contributed by atoms with Crippen LogP contribution < -0.4 is 10.6 Å². The number of nitrogens with one attached hydrogen (secondary N) is 2. The molecule has 0 saturated heterocycles. The molecule has 0 aromatic carbocycles. The van der Waals surface area contributed by atoms with Gasteiger partial charge in [-0.15, -0.1) is 0 Å². The number of hydrogen-bond donors (Lipinski definition) is 2. The van der Waals surface area contributed by atoms with Crippen molar-refractivity contribution in [1.29, 1.82) is 0 Å². The molecule has 0 aliphatic rings. The summed E-state index contributed by atoms with van der Waals surface area (Å²) in [5.74, 6) is 0.940. The van der Waals surface area contributed by atoms with E-state index in [9.17, 15) is 0 Å². The average molecular weight is 299 g/mol. The minimum Gasteiger partial charge on any atom is -0.315 e. The van der Waals surface area contributed by atoms with Gasteiger partial charge in [0.05, 0.1) is 0 Å². The predicted octanol–water partition coefficient (Wildman–Crippen LogP) is 4.99. The Labute approximate surface area is 134 Å². The van der Waals surface area contributed by atoms with Gasteiger partial charge in [-0.25, -0.2) is 0 Å². The molecule has 2 N–H and O–H groups in total. The standard InChI is InChI=1S/C19H42N2/c1-8-12-17(9-2)13-11-14-18(15-20-10-3)21-16(4)19(5,6)7/h16-18,20-21H,8-15H2,1-7H3. The van der Waals surface area contributed by atoms with Crippen molar-refractivity contribution >= 4 is 0 Å². The Bertz CT molecular complexity index is 232. The molecule has 3 unspecified atom stereocenters. The monoisotopic (exact) mass is 298 g/mol. The average Bonchev–Trinajstić information content (AvgIpc) is 2.42. The molecule has 0 aliphatic carbocycles. The molecule has 0 saturated carbocycles. The van der Waals surface area contributed by atoms with Gasteiger partial charge in [-0.3, -0.25) is 0 Å². The smallest absolute Gasteiger partial charge is 0.0195 e. The van der Waals surface area contributed by atoms with Gasteiger partial charge >= 0.3 is 0 Å². The highest BCUT2D eigenvalue weighted by atomic mass is 15.0. The molecule has 0 fully saturated rings. The predicted molar refractivity (Wildman–Crippen MR) is 96.9 cm³/mol. The maximum Gasteiger partial charge on any atom is 0.0195 e. The Kier molecular flexibility index (Phi) is 11.4. The summed E-state index contributed by atoms with van der Waals surface area (Å²) in [6.45, 7) is 18.3. The van der Waals surface area contributed by atoms with Crippen LogP contribution in [-0.2, 0) is 0 Å². The highest BCUT2D eigenvalue weighted by Gasteiger charge is 2.22. The van der Waals surface area contributed by atoms with E-state index >= 15 is 0 Å².